The summed E-state index contributed by atoms with van der Waals surface area (Å²) in [5.74, 6) is 0.0733. The average molecular weight is 266 g/mol. The van der Waals surface area contributed by atoms with Gasteiger partial charge in [-0.2, -0.15) is 0 Å². The topological polar surface area (TPSA) is 55.6 Å². The van der Waals surface area contributed by atoms with Gasteiger partial charge in [-0.1, -0.05) is 0 Å². The number of nitrogens with two attached hydrogens (primary N) is 1. The molecule has 1 aliphatic rings. The molecule has 0 bridgehead atoms. The molecule has 0 atom stereocenters. The molecule has 0 spiro atoms. The molecule has 1 amide bonds. The van der Waals surface area contributed by atoms with Crippen molar-refractivity contribution in [2.24, 2.45) is 11.7 Å². The second-order valence-electron chi connectivity index (χ2n) is 4.82. The first-order valence-corrected chi connectivity index (χ1v) is 6.48. The zero-order valence-corrected chi connectivity index (χ0v) is 11.1. The molecule has 2 N–H and O–H groups in total. The Kier molecular flexibility index (Phi) is 4.37. The van der Waals surface area contributed by atoms with Crippen molar-refractivity contribution in [1.82, 2.24) is 4.90 Å². The summed E-state index contributed by atoms with van der Waals surface area (Å²) in [6.07, 6.45) is 1.86. The molecule has 104 valence electrons. The van der Waals surface area contributed by atoms with Gasteiger partial charge in [-0.05, 0) is 43.5 Å². The summed E-state index contributed by atoms with van der Waals surface area (Å²) in [5, 5.41) is 0. The Labute approximate surface area is 112 Å². The van der Waals surface area contributed by atoms with Gasteiger partial charge in [0.1, 0.15) is 0 Å². The van der Waals surface area contributed by atoms with Crippen LogP contribution in [0.5, 0.6) is 5.75 Å². The number of rotatable bonds is 3. The maximum atomic E-state index is 13.3. The van der Waals surface area contributed by atoms with Gasteiger partial charge < -0.3 is 15.4 Å². The maximum Gasteiger partial charge on any atom is 0.253 e. The van der Waals surface area contributed by atoms with Crippen LogP contribution >= 0.6 is 0 Å². The van der Waals surface area contributed by atoms with Gasteiger partial charge in [0, 0.05) is 18.7 Å². The Hall–Kier alpha value is -1.62. The van der Waals surface area contributed by atoms with Crippen molar-refractivity contribution in [3.63, 3.8) is 0 Å². The number of ether oxygens (including phenoxy) is 1. The standard InChI is InChI=1S/C14H19FN2O2/c1-19-13-8-11(2-3-12(13)15)14(18)17-6-4-10(9-16)5-7-17/h2-3,8,10H,4-7,9,16H2,1H3. The summed E-state index contributed by atoms with van der Waals surface area (Å²) in [7, 11) is 1.39. The van der Waals surface area contributed by atoms with E-state index in [1.54, 1.807) is 4.90 Å². The lowest BCUT2D eigenvalue weighted by Crippen LogP contribution is -2.40. The van der Waals surface area contributed by atoms with Gasteiger partial charge in [-0.15, -0.1) is 0 Å². The van der Waals surface area contributed by atoms with Crippen molar-refractivity contribution in [2.75, 3.05) is 26.7 Å². The number of halogens is 1. The van der Waals surface area contributed by atoms with E-state index >= 15 is 0 Å². The number of likely N-dealkylation sites (tertiary alicyclic amines) is 1. The minimum absolute atomic E-state index is 0.0752. The molecule has 1 aromatic rings. The van der Waals surface area contributed by atoms with E-state index in [9.17, 15) is 9.18 Å². The van der Waals surface area contributed by atoms with E-state index in [2.05, 4.69) is 0 Å². The highest BCUT2D eigenvalue weighted by Gasteiger charge is 2.23. The first-order valence-electron chi connectivity index (χ1n) is 6.48. The molecule has 1 fully saturated rings. The second-order valence-corrected chi connectivity index (χ2v) is 4.82. The van der Waals surface area contributed by atoms with E-state index < -0.39 is 5.82 Å². The Morgan fingerprint density at radius 2 is 2.16 bits per heavy atom. The van der Waals surface area contributed by atoms with Crippen LogP contribution in [0.4, 0.5) is 4.39 Å². The highest BCUT2D eigenvalue weighted by atomic mass is 19.1. The molecular weight excluding hydrogens is 247 g/mol. The van der Waals surface area contributed by atoms with Crippen LogP contribution in [0.2, 0.25) is 0 Å². The lowest BCUT2D eigenvalue weighted by Gasteiger charge is -2.31. The third-order valence-electron chi connectivity index (χ3n) is 3.63. The summed E-state index contributed by atoms with van der Waals surface area (Å²) in [4.78, 5) is 14.1. The van der Waals surface area contributed by atoms with E-state index in [1.165, 1.54) is 25.3 Å². The molecular formula is C14H19FN2O2. The Balaban J connectivity index is 2.08. The Morgan fingerprint density at radius 1 is 1.47 bits per heavy atom. The summed E-state index contributed by atoms with van der Waals surface area (Å²) in [5.41, 5.74) is 6.09. The minimum atomic E-state index is -0.458. The highest BCUT2D eigenvalue weighted by molar-refractivity contribution is 5.94. The molecule has 19 heavy (non-hydrogen) atoms. The van der Waals surface area contributed by atoms with Crippen LogP contribution in [-0.4, -0.2) is 37.6 Å². The summed E-state index contributed by atoms with van der Waals surface area (Å²) in [6, 6.07) is 4.21. The molecule has 0 aliphatic carbocycles. The van der Waals surface area contributed by atoms with E-state index in [-0.39, 0.29) is 11.7 Å². The molecule has 0 radical (unpaired) electrons. The number of nitrogens with zero attached hydrogens (tertiary/aromatic N) is 1. The zero-order valence-electron chi connectivity index (χ0n) is 11.1. The predicted octanol–water partition coefficient (Wildman–Crippen LogP) is 1.65. The fourth-order valence-corrected chi connectivity index (χ4v) is 2.35. The van der Waals surface area contributed by atoms with Crippen molar-refractivity contribution >= 4 is 5.91 Å². The van der Waals surface area contributed by atoms with Gasteiger partial charge in [-0.3, -0.25) is 4.79 Å². The van der Waals surface area contributed by atoms with E-state index in [0.717, 1.165) is 12.8 Å². The minimum Gasteiger partial charge on any atom is -0.494 e. The van der Waals surface area contributed by atoms with Gasteiger partial charge in [0.25, 0.3) is 5.91 Å². The van der Waals surface area contributed by atoms with Crippen molar-refractivity contribution in [3.8, 4) is 5.75 Å². The average Bonchev–Trinajstić information content (AvgIpc) is 2.47. The predicted molar refractivity (Wildman–Crippen MR) is 70.6 cm³/mol. The molecule has 1 aromatic carbocycles. The van der Waals surface area contributed by atoms with Gasteiger partial charge in [-0.25, -0.2) is 4.39 Å². The summed E-state index contributed by atoms with van der Waals surface area (Å²) < 4.78 is 18.2. The quantitative estimate of drug-likeness (QED) is 0.905. The van der Waals surface area contributed by atoms with Crippen LogP contribution in [-0.2, 0) is 0 Å². The van der Waals surface area contributed by atoms with Crippen LogP contribution in [0.3, 0.4) is 0 Å². The first-order chi connectivity index (χ1) is 9.15. The third-order valence-corrected chi connectivity index (χ3v) is 3.63. The molecule has 0 unspecified atom stereocenters. The van der Waals surface area contributed by atoms with Gasteiger partial charge in [0.05, 0.1) is 7.11 Å². The molecule has 1 saturated heterocycles. The summed E-state index contributed by atoms with van der Waals surface area (Å²) >= 11 is 0. The van der Waals surface area contributed by atoms with Gasteiger partial charge in [0.15, 0.2) is 11.6 Å². The Morgan fingerprint density at radius 3 is 2.74 bits per heavy atom. The number of amides is 1. The number of carbonyl (C=O) groups is 1. The number of piperidine rings is 1. The lowest BCUT2D eigenvalue weighted by atomic mass is 9.96. The van der Waals surface area contributed by atoms with Gasteiger partial charge in [0.2, 0.25) is 0 Å². The third kappa shape index (κ3) is 3.04. The van der Waals surface area contributed by atoms with E-state index in [4.69, 9.17) is 10.5 Å². The Bertz CT molecular complexity index is 457. The maximum absolute atomic E-state index is 13.3. The smallest absolute Gasteiger partial charge is 0.253 e. The van der Waals surface area contributed by atoms with E-state index in [0.29, 0.717) is 31.1 Å². The van der Waals surface area contributed by atoms with Crippen molar-refractivity contribution in [3.05, 3.63) is 29.6 Å². The summed E-state index contributed by atoms with van der Waals surface area (Å²) in [6.45, 7) is 2.09. The lowest BCUT2D eigenvalue weighted by molar-refractivity contribution is 0.0693. The fraction of sp³-hybridized carbons (Fsp3) is 0.500. The zero-order chi connectivity index (χ0) is 13.8. The van der Waals surface area contributed by atoms with Crippen molar-refractivity contribution < 1.29 is 13.9 Å². The van der Waals surface area contributed by atoms with E-state index in [1.807, 2.05) is 0 Å². The molecule has 0 saturated carbocycles. The molecule has 1 heterocycles. The van der Waals surface area contributed by atoms with Crippen LogP contribution < -0.4 is 10.5 Å². The van der Waals surface area contributed by atoms with Crippen LogP contribution in [0, 0.1) is 11.7 Å². The molecule has 0 aromatic heterocycles. The first kappa shape index (κ1) is 13.8. The van der Waals surface area contributed by atoms with Crippen molar-refractivity contribution in [1.29, 1.82) is 0 Å². The second kappa shape index (κ2) is 6.02. The fourth-order valence-electron chi connectivity index (χ4n) is 2.35. The number of benzene rings is 1. The monoisotopic (exact) mass is 266 g/mol. The number of hydrogen-bond donors (Lipinski definition) is 1. The van der Waals surface area contributed by atoms with Crippen LogP contribution in [0.1, 0.15) is 23.2 Å². The van der Waals surface area contributed by atoms with Crippen LogP contribution in [0.15, 0.2) is 18.2 Å². The van der Waals surface area contributed by atoms with Crippen molar-refractivity contribution in [2.45, 2.75) is 12.8 Å². The van der Waals surface area contributed by atoms with Crippen LogP contribution in [0.25, 0.3) is 0 Å². The number of methoxy groups -OCH3 is 1. The number of hydrogen-bond acceptors (Lipinski definition) is 3. The molecule has 4 nitrogen and oxygen atoms in total. The number of carbonyl (C=O) groups excluding carboxylic acids is 1. The highest BCUT2D eigenvalue weighted by Crippen LogP contribution is 2.22. The molecule has 1 aliphatic heterocycles. The molecule has 5 heteroatoms. The largest absolute Gasteiger partial charge is 0.494 e. The SMILES string of the molecule is COc1cc(C(=O)N2CCC(CN)CC2)ccc1F. The molecule has 2 rings (SSSR count). The normalized spacial score (nSPS) is 16.5. The van der Waals surface area contributed by atoms with Gasteiger partial charge >= 0.3 is 0 Å².